The number of rotatable bonds is 6. The predicted octanol–water partition coefficient (Wildman–Crippen LogP) is -0.700. The molecule has 0 aromatic heterocycles. The standard InChI is InChI=1S/C12H24N4O3/c1-9(2)10(11(17)18)15-12(19)14-5-8-16-6-3-13-4-7-16/h9-10,13H,3-8H2,1-2H3,(H,17,18)(H2,14,15,19)/t10-/m1/s1. The van der Waals surface area contributed by atoms with E-state index in [0.717, 1.165) is 32.7 Å². The van der Waals surface area contributed by atoms with Crippen LogP contribution in [0.25, 0.3) is 0 Å². The molecule has 0 radical (unpaired) electrons. The van der Waals surface area contributed by atoms with Crippen molar-refractivity contribution in [2.45, 2.75) is 19.9 Å². The molecule has 1 atom stereocenters. The van der Waals surface area contributed by atoms with Crippen LogP contribution >= 0.6 is 0 Å². The van der Waals surface area contributed by atoms with E-state index < -0.39 is 18.0 Å². The molecule has 1 fully saturated rings. The first-order valence-corrected chi connectivity index (χ1v) is 6.71. The number of hydrogen-bond donors (Lipinski definition) is 4. The largest absolute Gasteiger partial charge is 0.480 e. The van der Waals surface area contributed by atoms with Crippen LogP contribution in [0.1, 0.15) is 13.8 Å². The number of hydrogen-bond acceptors (Lipinski definition) is 4. The Kier molecular flexibility index (Phi) is 6.58. The summed E-state index contributed by atoms with van der Waals surface area (Å²) >= 11 is 0. The van der Waals surface area contributed by atoms with Crippen LogP contribution in [-0.2, 0) is 4.79 Å². The molecule has 0 bridgehead atoms. The molecule has 1 aliphatic heterocycles. The molecule has 0 aromatic rings. The molecule has 19 heavy (non-hydrogen) atoms. The number of carboxylic acid groups (broad SMARTS) is 1. The molecule has 1 saturated heterocycles. The van der Waals surface area contributed by atoms with E-state index in [1.807, 2.05) is 0 Å². The summed E-state index contributed by atoms with van der Waals surface area (Å²) in [6, 6.07) is -1.27. The fraction of sp³-hybridized carbons (Fsp3) is 0.833. The summed E-state index contributed by atoms with van der Waals surface area (Å²) in [7, 11) is 0. The van der Waals surface area contributed by atoms with Crippen molar-refractivity contribution in [1.82, 2.24) is 20.9 Å². The van der Waals surface area contributed by atoms with Gasteiger partial charge in [-0.2, -0.15) is 0 Å². The lowest BCUT2D eigenvalue weighted by molar-refractivity contribution is -0.140. The number of urea groups is 1. The first kappa shape index (κ1) is 15.7. The summed E-state index contributed by atoms with van der Waals surface area (Å²) in [5.74, 6) is -1.15. The van der Waals surface area contributed by atoms with Crippen LogP contribution in [0.5, 0.6) is 0 Å². The van der Waals surface area contributed by atoms with E-state index in [-0.39, 0.29) is 5.92 Å². The summed E-state index contributed by atoms with van der Waals surface area (Å²) in [6.07, 6.45) is 0. The normalized spacial score (nSPS) is 18.1. The van der Waals surface area contributed by atoms with Crippen molar-refractivity contribution in [1.29, 1.82) is 0 Å². The molecule has 0 saturated carbocycles. The van der Waals surface area contributed by atoms with Gasteiger partial charge in [0.2, 0.25) is 0 Å². The molecule has 1 aliphatic rings. The second-order valence-corrected chi connectivity index (χ2v) is 5.05. The van der Waals surface area contributed by atoms with Crippen molar-refractivity contribution < 1.29 is 14.7 Å². The van der Waals surface area contributed by atoms with Crippen molar-refractivity contribution in [2.75, 3.05) is 39.3 Å². The van der Waals surface area contributed by atoms with Gasteiger partial charge in [-0.15, -0.1) is 0 Å². The minimum atomic E-state index is -1.01. The number of carbonyl (C=O) groups is 2. The summed E-state index contributed by atoms with van der Waals surface area (Å²) < 4.78 is 0. The van der Waals surface area contributed by atoms with E-state index in [1.165, 1.54) is 0 Å². The van der Waals surface area contributed by atoms with Crippen LogP contribution in [0.2, 0.25) is 0 Å². The third-order valence-electron chi connectivity index (χ3n) is 3.14. The van der Waals surface area contributed by atoms with Gasteiger partial charge in [-0.05, 0) is 5.92 Å². The maximum Gasteiger partial charge on any atom is 0.326 e. The Morgan fingerprint density at radius 2 is 1.95 bits per heavy atom. The molecule has 110 valence electrons. The van der Waals surface area contributed by atoms with Gasteiger partial charge in [0.05, 0.1) is 0 Å². The van der Waals surface area contributed by atoms with Crippen LogP contribution in [0.15, 0.2) is 0 Å². The highest BCUT2D eigenvalue weighted by Gasteiger charge is 2.23. The fourth-order valence-corrected chi connectivity index (χ4v) is 1.97. The van der Waals surface area contributed by atoms with Crippen molar-refractivity contribution in [3.63, 3.8) is 0 Å². The second-order valence-electron chi connectivity index (χ2n) is 5.05. The van der Waals surface area contributed by atoms with Crippen LogP contribution in [0.3, 0.4) is 0 Å². The smallest absolute Gasteiger partial charge is 0.326 e. The Hall–Kier alpha value is -1.34. The van der Waals surface area contributed by atoms with Crippen molar-refractivity contribution in [3.8, 4) is 0 Å². The summed E-state index contributed by atoms with van der Waals surface area (Å²) in [4.78, 5) is 24.8. The van der Waals surface area contributed by atoms with Crippen molar-refractivity contribution >= 4 is 12.0 Å². The van der Waals surface area contributed by atoms with Gasteiger partial charge in [-0.1, -0.05) is 13.8 Å². The molecule has 7 heteroatoms. The highest BCUT2D eigenvalue weighted by Crippen LogP contribution is 2.01. The number of piperazine rings is 1. The van der Waals surface area contributed by atoms with E-state index >= 15 is 0 Å². The van der Waals surface area contributed by atoms with Gasteiger partial charge < -0.3 is 21.1 Å². The third kappa shape index (κ3) is 5.89. The second kappa shape index (κ2) is 7.96. The van der Waals surface area contributed by atoms with Gasteiger partial charge in [0, 0.05) is 39.3 Å². The Balaban J connectivity index is 2.21. The number of nitrogens with one attached hydrogen (secondary N) is 3. The van der Waals surface area contributed by atoms with Gasteiger partial charge in [-0.25, -0.2) is 9.59 Å². The average molecular weight is 272 g/mol. The van der Waals surface area contributed by atoms with Crippen molar-refractivity contribution in [3.05, 3.63) is 0 Å². The maximum absolute atomic E-state index is 11.6. The molecule has 1 rings (SSSR count). The quantitative estimate of drug-likeness (QED) is 0.513. The zero-order valence-corrected chi connectivity index (χ0v) is 11.6. The average Bonchev–Trinajstić information content (AvgIpc) is 2.36. The van der Waals surface area contributed by atoms with Gasteiger partial charge in [0.1, 0.15) is 6.04 Å². The summed E-state index contributed by atoms with van der Waals surface area (Å²) in [6.45, 7) is 8.74. The third-order valence-corrected chi connectivity index (χ3v) is 3.14. The van der Waals surface area contributed by atoms with Gasteiger partial charge in [0.15, 0.2) is 0 Å². The molecule has 0 spiro atoms. The summed E-state index contributed by atoms with van der Waals surface area (Å²) in [5, 5.41) is 17.4. The lowest BCUT2D eigenvalue weighted by Crippen LogP contribution is -2.51. The highest BCUT2D eigenvalue weighted by molar-refractivity contribution is 5.82. The van der Waals surface area contributed by atoms with Crippen LogP contribution < -0.4 is 16.0 Å². The molecule has 7 nitrogen and oxygen atoms in total. The number of nitrogens with zero attached hydrogens (tertiary/aromatic N) is 1. The van der Waals surface area contributed by atoms with Gasteiger partial charge >= 0.3 is 12.0 Å². The monoisotopic (exact) mass is 272 g/mol. The number of aliphatic carboxylic acids is 1. The lowest BCUT2D eigenvalue weighted by atomic mass is 10.1. The molecule has 0 unspecified atom stereocenters. The zero-order chi connectivity index (χ0) is 14.3. The number of carbonyl (C=O) groups excluding carboxylic acids is 1. The van der Waals surface area contributed by atoms with E-state index in [0.29, 0.717) is 6.54 Å². The Morgan fingerprint density at radius 3 is 2.47 bits per heavy atom. The van der Waals surface area contributed by atoms with Crippen molar-refractivity contribution in [2.24, 2.45) is 5.92 Å². The molecule has 0 aromatic carbocycles. The SMILES string of the molecule is CC(C)[C@@H](NC(=O)NCCN1CCNCC1)C(=O)O. The molecular formula is C12H24N4O3. The van der Waals surface area contributed by atoms with E-state index in [9.17, 15) is 9.59 Å². The number of carboxylic acids is 1. The molecule has 4 N–H and O–H groups in total. The van der Waals surface area contributed by atoms with E-state index in [2.05, 4.69) is 20.9 Å². The Bertz CT molecular complexity index is 303. The Morgan fingerprint density at radius 1 is 1.32 bits per heavy atom. The first-order valence-electron chi connectivity index (χ1n) is 6.71. The molecule has 2 amide bonds. The van der Waals surface area contributed by atoms with E-state index in [4.69, 9.17) is 5.11 Å². The minimum absolute atomic E-state index is 0.142. The zero-order valence-electron chi connectivity index (χ0n) is 11.6. The van der Waals surface area contributed by atoms with Crippen LogP contribution in [-0.4, -0.2) is 67.3 Å². The van der Waals surface area contributed by atoms with E-state index in [1.54, 1.807) is 13.8 Å². The first-order chi connectivity index (χ1) is 9.00. The molecule has 1 heterocycles. The van der Waals surface area contributed by atoms with Crippen LogP contribution in [0, 0.1) is 5.92 Å². The minimum Gasteiger partial charge on any atom is -0.480 e. The Labute approximate surface area is 113 Å². The molecule has 0 aliphatic carbocycles. The predicted molar refractivity (Wildman–Crippen MR) is 72.1 cm³/mol. The summed E-state index contributed by atoms with van der Waals surface area (Å²) in [5.41, 5.74) is 0. The topological polar surface area (TPSA) is 93.7 Å². The molecular weight excluding hydrogens is 248 g/mol. The number of amides is 2. The highest BCUT2D eigenvalue weighted by atomic mass is 16.4. The lowest BCUT2D eigenvalue weighted by Gasteiger charge is -2.27. The fourth-order valence-electron chi connectivity index (χ4n) is 1.97. The van der Waals surface area contributed by atoms with Crippen LogP contribution in [0.4, 0.5) is 4.79 Å². The van der Waals surface area contributed by atoms with Gasteiger partial charge in [-0.3, -0.25) is 4.90 Å². The van der Waals surface area contributed by atoms with Gasteiger partial charge in [0.25, 0.3) is 0 Å². The maximum atomic E-state index is 11.6.